The first-order chi connectivity index (χ1) is 15.9. The Morgan fingerprint density at radius 1 is 1.12 bits per heavy atom. The SMILES string of the molecule is C=CCN1C(=O)C(=Cc2c(-c3ccccc3)nn(C)c2Sc2ccc(C)cc2)C(=O)NC1=S. The predicted molar refractivity (Wildman–Crippen MR) is 135 cm³/mol. The molecule has 8 heteroatoms. The van der Waals surface area contributed by atoms with E-state index in [0.717, 1.165) is 15.5 Å². The Balaban J connectivity index is 1.86. The van der Waals surface area contributed by atoms with Crippen LogP contribution in [0.3, 0.4) is 0 Å². The van der Waals surface area contributed by atoms with E-state index >= 15 is 0 Å². The number of hydrogen-bond donors (Lipinski definition) is 1. The van der Waals surface area contributed by atoms with Crippen LogP contribution in [0.25, 0.3) is 17.3 Å². The van der Waals surface area contributed by atoms with Crippen LogP contribution in [0.5, 0.6) is 0 Å². The molecule has 1 aliphatic heterocycles. The molecule has 0 saturated carbocycles. The highest BCUT2D eigenvalue weighted by Gasteiger charge is 2.33. The third kappa shape index (κ3) is 4.67. The number of carbonyl (C=O) groups is 2. The van der Waals surface area contributed by atoms with Gasteiger partial charge >= 0.3 is 0 Å². The molecule has 0 bridgehead atoms. The topological polar surface area (TPSA) is 67.2 Å². The highest BCUT2D eigenvalue weighted by Crippen LogP contribution is 2.37. The molecule has 0 aliphatic carbocycles. The van der Waals surface area contributed by atoms with Crippen LogP contribution in [0.15, 0.2) is 82.7 Å². The molecule has 0 spiro atoms. The van der Waals surface area contributed by atoms with Gasteiger partial charge in [-0.1, -0.05) is 65.9 Å². The summed E-state index contributed by atoms with van der Waals surface area (Å²) in [4.78, 5) is 28.2. The average Bonchev–Trinajstić information content (AvgIpc) is 3.11. The molecular weight excluding hydrogens is 452 g/mol. The van der Waals surface area contributed by atoms with Crippen molar-refractivity contribution in [2.75, 3.05) is 6.54 Å². The van der Waals surface area contributed by atoms with Crippen molar-refractivity contribution >= 4 is 47.0 Å². The van der Waals surface area contributed by atoms with Gasteiger partial charge in [-0.2, -0.15) is 5.10 Å². The van der Waals surface area contributed by atoms with Gasteiger partial charge in [-0.05, 0) is 37.4 Å². The Morgan fingerprint density at radius 3 is 2.48 bits per heavy atom. The Hall–Kier alpha value is -3.49. The number of benzene rings is 2. The predicted octanol–water partition coefficient (Wildman–Crippen LogP) is 4.36. The number of thiocarbonyl (C=S) groups is 1. The molecule has 0 atom stereocenters. The lowest BCUT2D eigenvalue weighted by Crippen LogP contribution is -2.53. The summed E-state index contributed by atoms with van der Waals surface area (Å²) in [6.45, 7) is 5.92. The molecule has 33 heavy (non-hydrogen) atoms. The molecule has 2 amide bonds. The molecule has 1 N–H and O–H groups in total. The maximum Gasteiger partial charge on any atom is 0.265 e. The minimum Gasteiger partial charge on any atom is -0.298 e. The van der Waals surface area contributed by atoms with Crippen LogP contribution < -0.4 is 5.32 Å². The largest absolute Gasteiger partial charge is 0.298 e. The van der Waals surface area contributed by atoms with Gasteiger partial charge in [0.25, 0.3) is 11.8 Å². The van der Waals surface area contributed by atoms with Crippen molar-refractivity contribution in [3.05, 3.63) is 84.0 Å². The molecule has 4 rings (SSSR count). The van der Waals surface area contributed by atoms with Crippen molar-refractivity contribution in [1.82, 2.24) is 20.0 Å². The minimum atomic E-state index is -0.528. The summed E-state index contributed by atoms with van der Waals surface area (Å²) in [5.74, 6) is -0.989. The van der Waals surface area contributed by atoms with Crippen LogP contribution in [-0.2, 0) is 16.6 Å². The third-order valence-electron chi connectivity index (χ3n) is 5.10. The van der Waals surface area contributed by atoms with Crippen molar-refractivity contribution < 1.29 is 9.59 Å². The smallest absolute Gasteiger partial charge is 0.265 e. The Morgan fingerprint density at radius 2 is 1.82 bits per heavy atom. The molecule has 1 aliphatic rings. The number of nitrogens with zero attached hydrogens (tertiary/aromatic N) is 3. The van der Waals surface area contributed by atoms with Gasteiger partial charge in [0.05, 0.1) is 0 Å². The van der Waals surface area contributed by atoms with Gasteiger partial charge in [-0.15, -0.1) is 6.58 Å². The summed E-state index contributed by atoms with van der Waals surface area (Å²) in [6.07, 6.45) is 3.18. The van der Waals surface area contributed by atoms with E-state index in [1.807, 2.05) is 68.6 Å². The fourth-order valence-electron chi connectivity index (χ4n) is 3.44. The van der Waals surface area contributed by atoms with E-state index in [2.05, 4.69) is 11.9 Å². The van der Waals surface area contributed by atoms with Crippen LogP contribution in [0.2, 0.25) is 0 Å². The summed E-state index contributed by atoms with van der Waals surface area (Å²) in [5.41, 5.74) is 3.43. The van der Waals surface area contributed by atoms with Gasteiger partial charge < -0.3 is 0 Å². The zero-order chi connectivity index (χ0) is 23.5. The number of nitrogens with one attached hydrogen (secondary N) is 1. The number of aromatic nitrogens is 2. The van der Waals surface area contributed by atoms with E-state index in [1.54, 1.807) is 16.8 Å². The standard InChI is InChI=1S/C25H22N4O2S2/c1-4-14-29-23(31)20(22(30)26-25(29)32)15-19-21(17-8-6-5-7-9-17)27-28(3)24(19)33-18-12-10-16(2)11-13-18/h4-13,15H,1,14H2,2-3H3,(H,26,30,32). The average molecular weight is 475 g/mol. The zero-order valence-corrected chi connectivity index (χ0v) is 19.9. The molecule has 0 radical (unpaired) electrons. The normalized spacial score (nSPS) is 15.2. The van der Waals surface area contributed by atoms with Gasteiger partial charge in [0.15, 0.2) is 5.11 Å². The highest BCUT2D eigenvalue weighted by atomic mass is 32.2. The monoisotopic (exact) mass is 474 g/mol. The van der Waals surface area contributed by atoms with Gasteiger partial charge in [-0.3, -0.25) is 24.5 Å². The van der Waals surface area contributed by atoms with E-state index in [-0.39, 0.29) is 17.2 Å². The molecule has 3 aromatic rings. The molecule has 6 nitrogen and oxygen atoms in total. The maximum atomic E-state index is 13.1. The molecule has 1 fully saturated rings. The Kier molecular flexibility index (Phi) is 6.57. The van der Waals surface area contributed by atoms with E-state index in [1.165, 1.54) is 22.2 Å². The van der Waals surface area contributed by atoms with Crippen molar-refractivity contribution in [1.29, 1.82) is 0 Å². The van der Waals surface area contributed by atoms with Crippen molar-refractivity contribution in [3.8, 4) is 11.3 Å². The second-order valence-corrected chi connectivity index (χ2v) is 8.94. The van der Waals surface area contributed by atoms with Gasteiger partial charge in [0, 0.05) is 29.6 Å². The maximum absolute atomic E-state index is 13.1. The third-order valence-corrected chi connectivity index (χ3v) is 6.61. The molecule has 166 valence electrons. The van der Waals surface area contributed by atoms with E-state index in [9.17, 15) is 9.59 Å². The van der Waals surface area contributed by atoms with Gasteiger partial charge in [0.1, 0.15) is 16.3 Å². The van der Waals surface area contributed by atoms with Crippen molar-refractivity contribution in [2.45, 2.75) is 16.8 Å². The van der Waals surface area contributed by atoms with Crippen LogP contribution in [-0.4, -0.2) is 38.2 Å². The molecule has 2 aromatic carbocycles. The molecule has 0 unspecified atom stereocenters. The fraction of sp³-hybridized carbons (Fsp3) is 0.120. The summed E-state index contributed by atoms with van der Waals surface area (Å²) in [7, 11) is 1.85. The first kappa shape index (κ1) is 22.7. The lowest BCUT2D eigenvalue weighted by Gasteiger charge is -2.27. The highest BCUT2D eigenvalue weighted by molar-refractivity contribution is 7.99. The van der Waals surface area contributed by atoms with E-state index < -0.39 is 11.8 Å². The zero-order valence-electron chi connectivity index (χ0n) is 18.2. The van der Waals surface area contributed by atoms with Crippen LogP contribution in [0.4, 0.5) is 0 Å². The second kappa shape index (κ2) is 9.56. The molecular formula is C25H22N4O2S2. The molecule has 2 heterocycles. The first-order valence-corrected chi connectivity index (χ1v) is 11.5. The van der Waals surface area contributed by atoms with Crippen LogP contribution in [0.1, 0.15) is 11.1 Å². The van der Waals surface area contributed by atoms with Crippen LogP contribution >= 0.6 is 24.0 Å². The summed E-state index contributed by atoms with van der Waals surface area (Å²) < 4.78 is 1.77. The number of hydrogen-bond acceptors (Lipinski definition) is 5. The van der Waals surface area contributed by atoms with E-state index in [4.69, 9.17) is 17.3 Å². The number of amides is 2. The van der Waals surface area contributed by atoms with Gasteiger partial charge in [0.2, 0.25) is 0 Å². The summed E-state index contributed by atoms with van der Waals surface area (Å²) in [6, 6.07) is 17.8. The quantitative estimate of drug-likeness (QED) is 0.249. The van der Waals surface area contributed by atoms with Crippen molar-refractivity contribution in [2.24, 2.45) is 7.05 Å². The van der Waals surface area contributed by atoms with Crippen LogP contribution in [0, 0.1) is 6.92 Å². The summed E-state index contributed by atoms with van der Waals surface area (Å²) in [5, 5.41) is 8.23. The lowest BCUT2D eigenvalue weighted by atomic mass is 10.0. The number of rotatable bonds is 6. The lowest BCUT2D eigenvalue weighted by molar-refractivity contribution is -0.128. The molecule has 1 aromatic heterocycles. The first-order valence-electron chi connectivity index (χ1n) is 10.3. The molecule has 1 saturated heterocycles. The van der Waals surface area contributed by atoms with E-state index in [0.29, 0.717) is 11.3 Å². The minimum absolute atomic E-state index is 0.00128. The van der Waals surface area contributed by atoms with Gasteiger partial charge in [-0.25, -0.2) is 0 Å². The summed E-state index contributed by atoms with van der Waals surface area (Å²) >= 11 is 6.70. The number of aryl methyl sites for hydroxylation is 2. The Bertz CT molecular complexity index is 1280. The number of carbonyl (C=O) groups excluding carboxylic acids is 2. The second-order valence-electron chi connectivity index (χ2n) is 7.49. The Labute approximate surface area is 202 Å². The fourth-order valence-corrected chi connectivity index (χ4v) is 4.62. The van der Waals surface area contributed by atoms with Crippen molar-refractivity contribution in [3.63, 3.8) is 0 Å².